The molecule has 3 aromatic rings. The zero-order chi connectivity index (χ0) is 19.5. The van der Waals surface area contributed by atoms with Crippen molar-refractivity contribution in [2.45, 2.75) is 5.92 Å². The Morgan fingerprint density at radius 3 is 2.00 bits per heavy atom. The van der Waals surface area contributed by atoms with Crippen molar-refractivity contribution in [2.75, 3.05) is 0 Å². The normalized spacial score (nSPS) is 21.6. The van der Waals surface area contributed by atoms with Gasteiger partial charge in [-0.3, -0.25) is 14.4 Å². The summed E-state index contributed by atoms with van der Waals surface area (Å²) in [6.45, 7) is 0. The van der Waals surface area contributed by atoms with E-state index in [9.17, 15) is 14.4 Å². The number of hydrogen-bond donors (Lipinski definition) is 0. The van der Waals surface area contributed by atoms with Crippen LogP contribution in [0, 0.1) is 11.3 Å². The van der Waals surface area contributed by atoms with Gasteiger partial charge in [0.2, 0.25) is 0 Å². The number of benzene rings is 3. The fraction of sp³-hybridized carbons (Fsp3) is 0.125. The van der Waals surface area contributed by atoms with Gasteiger partial charge in [-0.05, 0) is 17.7 Å². The lowest BCUT2D eigenvalue weighted by atomic mass is 9.91. The van der Waals surface area contributed by atoms with E-state index in [2.05, 4.69) is 0 Å². The second kappa shape index (κ2) is 5.98. The highest BCUT2D eigenvalue weighted by molar-refractivity contribution is 6.35. The highest BCUT2D eigenvalue weighted by Crippen LogP contribution is 2.70. The number of carbonyl (C=O) groups is 3. The predicted octanol–water partition coefficient (Wildman–Crippen LogP) is 5.00. The molecule has 0 amide bonds. The highest BCUT2D eigenvalue weighted by Gasteiger charge is 2.78. The minimum Gasteiger partial charge on any atom is -0.294 e. The molecule has 0 aromatic heterocycles. The standard InChI is InChI=1S/C24H15ClO3/c25-16-10-6-9-15(13-16)19-20(21(26)14-7-2-1-3-8-14)24(19)22(27)17-11-4-5-12-18(17)23(24)28/h1-13,19-20H/t19-,20+/m0/s1. The van der Waals surface area contributed by atoms with E-state index in [1.54, 1.807) is 66.7 Å². The van der Waals surface area contributed by atoms with Crippen molar-refractivity contribution < 1.29 is 14.4 Å². The van der Waals surface area contributed by atoms with E-state index < -0.39 is 17.3 Å². The van der Waals surface area contributed by atoms with E-state index in [1.165, 1.54) is 0 Å². The fourth-order valence-corrected chi connectivity index (χ4v) is 4.87. The summed E-state index contributed by atoms with van der Waals surface area (Å²) in [6, 6.07) is 22.8. The number of rotatable bonds is 3. The Labute approximate surface area is 167 Å². The largest absolute Gasteiger partial charge is 0.294 e. The quantitative estimate of drug-likeness (QED) is 0.470. The van der Waals surface area contributed by atoms with Gasteiger partial charge in [0.25, 0.3) is 0 Å². The molecule has 0 saturated heterocycles. The van der Waals surface area contributed by atoms with Gasteiger partial charge in [-0.15, -0.1) is 0 Å². The van der Waals surface area contributed by atoms with Crippen LogP contribution in [0.3, 0.4) is 0 Å². The summed E-state index contributed by atoms with van der Waals surface area (Å²) in [4.78, 5) is 40.1. The molecule has 0 bridgehead atoms. The summed E-state index contributed by atoms with van der Waals surface area (Å²) < 4.78 is 0. The molecule has 3 nitrogen and oxygen atoms in total. The van der Waals surface area contributed by atoms with Gasteiger partial charge in [-0.25, -0.2) is 0 Å². The first kappa shape index (κ1) is 17.1. The third kappa shape index (κ3) is 2.14. The Balaban J connectivity index is 1.68. The van der Waals surface area contributed by atoms with Crippen molar-refractivity contribution in [3.8, 4) is 0 Å². The lowest BCUT2D eigenvalue weighted by Gasteiger charge is -2.07. The van der Waals surface area contributed by atoms with E-state index in [-0.39, 0.29) is 17.3 Å². The SMILES string of the molecule is O=C(c1ccccc1)[C@H]1[C@H](c2cccc(Cl)c2)C12C(=O)c1ccccc1C2=O. The van der Waals surface area contributed by atoms with Gasteiger partial charge in [0.05, 0.1) is 5.92 Å². The maximum Gasteiger partial charge on any atom is 0.178 e. The van der Waals surface area contributed by atoms with Gasteiger partial charge in [0.1, 0.15) is 5.41 Å². The topological polar surface area (TPSA) is 51.2 Å². The van der Waals surface area contributed by atoms with Gasteiger partial charge in [0, 0.05) is 27.6 Å². The predicted molar refractivity (Wildman–Crippen MR) is 106 cm³/mol. The Bertz CT molecular complexity index is 1110. The van der Waals surface area contributed by atoms with Gasteiger partial charge >= 0.3 is 0 Å². The van der Waals surface area contributed by atoms with Crippen LogP contribution in [-0.4, -0.2) is 17.3 Å². The number of carbonyl (C=O) groups excluding carboxylic acids is 3. The number of fused-ring (bicyclic) bond motifs is 1. The zero-order valence-electron chi connectivity index (χ0n) is 14.8. The van der Waals surface area contributed by atoms with E-state index in [0.29, 0.717) is 21.7 Å². The molecule has 4 heteroatoms. The molecule has 5 rings (SSSR count). The summed E-state index contributed by atoms with van der Waals surface area (Å²) in [5.74, 6) is -1.92. The van der Waals surface area contributed by atoms with Crippen molar-refractivity contribution in [3.05, 3.63) is 106 Å². The molecule has 0 radical (unpaired) electrons. The van der Waals surface area contributed by atoms with Crippen molar-refractivity contribution in [1.29, 1.82) is 0 Å². The smallest absolute Gasteiger partial charge is 0.178 e. The van der Waals surface area contributed by atoms with Crippen LogP contribution in [0.4, 0.5) is 0 Å². The third-order valence-electron chi connectivity index (χ3n) is 5.92. The summed E-state index contributed by atoms with van der Waals surface area (Å²) >= 11 is 6.16. The van der Waals surface area contributed by atoms with Crippen LogP contribution in [0.5, 0.6) is 0 Å². The molecule has 28 heavy (non-hydrogen) atoms. The van der Waals surface area contributed by atoms with Gasteiger partial charge < -0.3 is 0 Å². The number of ketones is 3. The average molecular weight is 387 g/mol. The van der Waals surface area contributed by atoms with Crippen LogP contribution in [0.15, 0.2) is 78.9 Å². The van der Waals surface area contributed by atoms with E-state index in [4.69, 9.17) is 11.6 Å². The Hall–Kier alpha value is -3.04. The van der Waals surface area contributed by atoms with Crippen molar-refractivity contribution in [2.24, 2.45) is 11.3 Å². The summed E-state index contributed by atoms with van der Waals surface area (Å²) in [5.41, 5.74) is 0.705. The molecule has 3 aromatic carbocycles. The Kier molecular flexibility index (Phi) is 3.65. The molecule has 2 aliphatic carbocycles. The van der Waals surface area contributed by atoms with Crippen LogP contribution in [0.2, 0.25) is 5.02 Å². The van der Waals surface area contributed by atoms with Crippen LogP contribution >= 0.6 is 11.6 Å². The van der Waals surface area contributed by atoms with E-state index in [1.807, 2.05) is 12.1 Å². The summed E-state index contributed by atoms with van der Waals surface area (Å²) in [6.07, 6.45) is 0. The number of Topliss-reactive ketones (excluding diaryl/α,β-unsaturated/α-hetero) is 3. The molecular weight excluding hydrogens is 372 g/mol. The maximum absolute atomic E-state index is 13.4. The minimum atomic E-state index is -1.36. The number of hydrogen-bond acceptors (Lipinski definition) is 3. The zero-order valence-corrected chi connectivity index (χ0v) is 15.5. The molecule has 0 unspecified atom stereocenters. The lowest BCUT2D eigenvalue weighted by molar-refractivity contribution is 0.0764. The Morgan fingerprint density at radius 2 is 1.39 bits per heavy atom. The first-order chi connectivity index (χ1) is 13.6. The third-order valence-corrected chi connectivity index (χ3v) is 6.16. The second-order valence-electron chi connectivity index (χ2n) is 7.31. The Morgan fingerprint density at radius 1 is 0.786 bits per heavy atom. The molecule has 136 valence electrons. The molecule has 2 aliphatic rings. The van der Waals surface area contributed by atoms with Crippen molar-refractivity contribution in [1.82, 2.24) is 0 Å². The lowest BCUT2D eigenvalue weighted by Crippen LogP contribution is -2.23. The monoisotopic (exact) mass is 386 g/mol. The molecule has 0 aliphatic heterocycles. The molecule has 1 fully saturated rings. The molecule has 1 saturated carbocycles. The second-order valence-corrected chi connectivity index (χ2v) is 7.75. The highest BCUT2D eigenvalue weighted by atomic mass is 35.5. The van der Waals surface area contributed by atoms with Crippen LogP contribution in [-0.2, 0) is 0 Å². The summed E-state index contributed by atoms with van der Waals surface area (Å²) in [7, 11) is 0. The first-order valence-corrected chi connectivity index (χ1v) is 9.48. The summed E-state index contributed by atoms with van der Waals surface area (Å²) in [5, 5.41) is 0.515. The van der Waals surface area contributed by atoms with Crippen LogP contribution < -0.4 is 0 Å². The van der Waals surface area contributed by atoms with Gasteiger partial charge in [-0.2, -0.15) is 0 Å². The molecule has 1 spiro atoms. The fourth-order valence-electron chi connectivity index (χ4n) is 4.68. The van der Waals surface area contributed by atoms with Crippen LogP contribution in [0.25, 0.3) is 0 Å². The minimum absolute atomic E-state index is 0.180. The molecular formula is C24H15ClO3. The molecule has 2 atom stereocenters. The maximum atomic E-state index is 13.4. The van der Waals surface area contributed by atoms with Crippen molar-refractivity contribution >= 4 is 29.0 Å². The number of halogens is 1. The van der Waals surface area contributed by atoms with Crippen LogP contribution in [0.1, 0.15) is 42.6 Å². The molecule has 0 N–H and O–H groups in total. The van der Waals surface area contributed by atoms with Crippen molar-refractivity contribution in [3.63, 3.8) is 0 Å². The van der Waals surface area contributed by atoms with Gasteiger partial charge in [0.15, 0.2) is 17.3 Å². The first-order valence-electron chi connectivity index (χ1n) is 9.10. The average Bonchev–Trinajstić information content (AvgIpc) is 3.38. The van der Waals surface area contributed by atoms with E-state index in [0.717, 1.165) is 5.56 Å². The van der Waals surface area contributed by atoms with E-state index >= 15 is 0 Å². The van der Waals surface area contributed by atoms with Gasteiger partial charge in [-0.1, -0.05) is 78.3 Å². The molecule has 0 heterocycles.